The number of nitriles is 2. The van der Waals surface area contributed by atoms with E-state index >= 15 is 0 Å². The van der Waals surface area contributed by atoms with E-state index in [2.05, 4.69) is 43.0 Å². The lowest BCUT2D eigenvalue weighted by atomic mass is 10.1. The van der Waals surface area contributed by atoms with Gasteiger partial charge in [0.25, 0.3) is 0 Å². The van der Waals surface area contributed by atoms with Crippen molar-refractivity contribution in [2.24, 2.45) is 0 Å². The maximum Gasteiger partial charge on any atom is 0.137 e. The summed E-state index contributed by atoms with van der Waals surface area (Å²) in [6.07, 6.45) is 8.53. The SMILES string of the molecule is CCN(CC)c1ccc(/C=C/C2=CC(=C(C#N)C#N)C=CO2)cc1. The largest absolute Gasteiger partial charge is 0.465 e. The first-order chi connectivity index (χ1) is 11.7. The minimum absolute atomic E-state index is 0.0732. The first-order valence-electron chi connectivity index (χ1n) is 7.84. The van der Waals surface area contributed by atoms with Crippen LogP contribution < -0.4 is 4.90 Å². The number of benzene rings is 1. The zero-order chi connectivity index (χ0) is 17.4. The summed E-state index contributed by atoms with van der Waals surface area (Å²) >= 11 is 0. The summed E-state index contributed by atoms with van der Waals surface area (Å²) in [5.74, 6) is 0.586. The highest BCUT2D eigenvalue weighted by molar-refractivity contribution is 5.59. The summed E-state index contributed by atoms with van der Waals surface area (Å²) in [5.41, 5.74) is 2.88. The fraction of sp³-hybridized carbons (Fsp3) is 0.200. The highest BCUT2D eigenvalue weighted by Crippen LogP contribution is 2.19. The van der Waals surface area contributed by atoms with Gasteiger partial charge >= 0.3 is 0 Å². The maximum atomic E-state index is 8.93. The summed E-state index contributed by atoms with van der Waals surface area (Å²) in [7, 11) is 0. The van der Waals surface area contributed by atoms with Crippen molar-refractivity contribution >= 4 is 11.8 Å². The van der Waals surface area contributed by atoms with Crippen molar-refractivity contribution in [2.75, 3.05) is 18.0 Å². The van der Waals surface area contributed by atoms with Crippen LogP contribution in [0.25, 0.3) is 6.08 Å². The topological polar surface area (TPSA) is 60.0 Å². The van der Waals surface area contributed by atoms with Crippen LogP contribution in [0.2, 0.25) is 0 Å². The molecule has 0 bridgehead atoms. The van der Waals surface area contributed by atoms with Gasteiger partial charge in [0.2, 0.25) is 0 Å². The molecular formula is C20H19N3O. The second kappa shape index (κ2) is 8.41. The molecule has 4 nitrogen and oxygen atoms in total. The first kappa shape index (κ1) is 17.1. The second-order valence-electron chi connectivity index (χ2n) is 5.12. The lowest BCUT2D eigenvalue weighted by molar-refractivity contribution is 0.364. The van der Waals surface area contributed by atoms with Gasteiger partial charge in [0.1, 0.15) is 23.5 Å². The van der Waals surface area contributed by atoms with E-state index in [1.54, 1.807) is 12.2 Å². The summed E-state index contributed by atoms with van der Waals surface area (Å²) < 4.78 is 5.40. The normalized spacial score (nSPS) is 13.0. The molecule has 1 heterocycles. The van der Waals surface area contributed by atoms with Gasteiger partial charge in [0, 0.05) is 24.4 Å². The van der Waals surface area contributed by atoms with E-state index in [1.165, 1.54) is 11.9 Å². The zero-order valence-electron chi connectivity index (χ0n) is 13.9. The molecule has 0 aromatic heterocycles. The number of hydrogen-bond donors (Lipinski definition) is 0. The van der Waals surface area contributed by atoms with E-state index in [0.717, 1.165) is 18.7 Å². The van der Waals surface area contributed by atoms with Crippen molar-refractivity contribution in [3.63, 3.8) is 0 Å². The fourth-order valence-electron chi connectivity index (χ4n) is 2.38. The molecular weight excluding hydrogens is 298 g/mol. The van der Waals surface area contributed by atoms with Crippen LogP contribution in [0, 0.1) is 22.7 Å². The van der Waals surface area contributed by atoms with Gasteiger partial charge in [-0.2, -0.15) is 10.5 Å². The molecule has 1 aliphatic heterocycles. The third kappa shape index (κ3) is 4.15. The molecule has 0 fully saturated rings. The van der Waals surface area contributed by atoms with Crippen LogP contribution in [0.3, 0.4) is 0 Å². The Bertz CT molecular complexity index is 764. The van der Waals surface area contributed by atoms with E-state index in [9.17, 15) is 0 Å². The smallest absolute Gasteiger partial charge is 0.137 e. The van der Waals surface area contributed by atoms with Crippen LogP contribution in [0.4, 0.5) is 5.69 Å². The fourth-order valence-corrected chi connectivity index (χ4v) is 2.38. The molecule has 24 heavy (non-hydrogen) atoms. The van der Waals surface area contributed by atoms with Crippen molar-refractivity contribution in [1.82, 2.24) is 0 Å². The third-order valence-corrected chi connectivity index (χ3v) is 3.72. The number of hydrogen-bond acceptors (Lipinski definition) is 4. The minimum atomic E-state index is 0.0732. The monoisotopic (exact) mass is 317 g/mol. The zero-order valence-corrected chi connectivity index (χ0v) is 13.9. The average Bonchev–Trinajstić information content (AvgIpc) is 2.63. The van der Waals surface area contributed by atoms with Gasteiger partial charge in [-0.05, 0) is 49.8 Å². The van der Waals surface area contributed by atoms with Crippen molar-refractivity contribution in [2.45, 2.75) is 13.8 Å². The first-order valence-corrected chi connectivity index (χ1v) is 7.84. The van der Waals surface area contributed by atoms with Gasteiger partial charge in [-0.15, -0.1) is 0 Å². The Morgan fingerprint density at radius 1 is 1.08 bits per heavy atom. The number of allylic oxidation sites excluding steroid dienone is 5. The Hall–Kier alpha value is -3.24. The van der Waals surface area contributed by atoms with Gasteiger partial charge in [-0.1, -0.05) is 18.2 Å². The molecule has 1 aromatic carbocycles. The van der Waals surface area contributed by atoms with E-state index < -0.39 is 0 Å². The van der Waals surface area contributed by atoms with E-state index in [4.69, 9.17) is 15.3 Å². The van der Waals surface area contributed by atoms with Gasteiger partial charge in [0.05, 0.1) is 6.26 Å². The van der Waals surface area contributed by atoms with E-state index in [1.807, 2.05) is 24.3 Å². The molecule has 0 atom stereocenters. The summed E-state index contributed by atoms with van der Waals surface area (Å²) in [6.45, 7) is 6.24. The van der Waals surface area contributed by atoms with Crippen LogP contribution in [0.1, 0.15) is 19.4 Å². The Morgan fingerprint density at radius 2 is 1.75 bits per heavy atom. The Balaban J connectivity index is 2.15. The quantitative estimate of drug-likeness (QED) is 0.759. The third-order valence-electron chi connectivity index (χ3n) is 3.72. The Morgan fingerprint density at radius 3 is 2.33 bits per heavy atom. The standard InChI is InChI=1S/C20H19N3O/c1-3-23(4-2)19-8-5-16(6-9-19)7-10-20-13-17(11-12-24-20)18(14-21)15-22/h5-13H,3-4H2,1-2H3/b10-7+. The maximum absolute atomic E-state index is 8.93. The van der Waals surface area contributed by atoms with Crippen molar-refractivity contribution < 1.29 is 4.74 Å². The molecule has 0 saturated carbocycles. The Kier molecular flexibility index (Phi) is 6.00. The van der Waals surface area contributed by atoms with Crippen LogP contribution in [-0.4, -0.2) is 13.1 Å². The molecule has 1 aliphatic rings. The predicted molar refractivity (Wildman–Crippen MR) is 95.6 cm³/mol. The number of nitrogens with zero attached hydrogens (tertiary/aromatic N) is 3. The van der Waals surface area contributed by atoms with Gasteiger partial charge in [-0.3, -0.25) is 0 Å². The summed E-state index contributed by atoms with van der Waals surface area (Å²) in [4.78, 5) is 2.29. The summed E-state index contributed by atoms with van der Waals surface area (Å²) in [6, 6.07) is 12.1. The van der Waals surface area contributed by atoms with Crippen LogP contribution in [-0.2, 0) is 4.74 Å². The lowest BCUT2D eigenvalue weighted by Crippen LogP contribution is -2.21. The molecule has 0 radical (unpaired) electrons. The summed E-state index contributed by atoms with van der Waals surface area (Å²) in [5, 5.41) is 17.9. The molecule has 2 rings (SSSR count). The molecule has 0 spiro atoms. The number of rotatable bonds is 5. The second-order valence-corrected chi connectivity index (χ2v) is 5.12. The van der Waals surface area contributed by atoms with Crippen LogP contribution in [0.5, 0.6) is 0 Å². The van der Waals surface area contributed by atoms with Gasteiger partial charge < -0.3 is 9.64 Å². The van der Waals surface area contributed by atoms with Crippen LogP contribution >= 0.6 is 0 Å². The molecule has 0 unspecified atom stereocenters. The molecule has 0 aliphatic carbocycles. The molecule has 0 amide bonds. The van der Waals surface area contributed by atoms with Gasteiger partial charge in [-0.25, -0.2) is 0 Å². The number of ether oxygens (including phenoxy) is 1. The molecule has 4 heteroatoms. The van der Waals surface area contributed by atoms with E-state index in [-0.39, 0.29) is 5.57 Å². The highest BCUT2D eigenvalue weighted by atomic mass is 16.5. The minimum Gasteiger partial charge on any atom is -0.465 e. The number of anilines is 1. The van der Waals surface area contributed by atoms with Crippen molar-refractivity contribution in [3.05, 3.63) is 71.2 Å². The molecule has 0 saturated heterocycles. The molecule has 1 aromatic rings. The predicted octanol–water partition coefficient (Wildman–Crippen LogP) is 4.32. The van der Waals surface area contributed by atoms with Gasteiger partial charge in [0.15, 0.2) is 0 Å². The molecule has 120 valence electrons. The van der Waals surface area contributed by atoms with Crippen molar-refractivity contribution in [1.29, 1.82) is 10.5 Å². The van der Waals surface area contributed by atoms with Crippen molar-refractivity contribution in [3.8, 4) is 12.1 Å². The lowest BCUT2D eigenvalue weighted by Gasteiger charge is -2.20. The Labute approximate surface area is 142 Å². The highest BCUT2D eigenvalue weighted by Gasteiger charge is 2.06. The van der Waals surface area contributed by atoms with Crippen LogP contribution in [0.15, 0.2) is 65.7 Å². The molecule has 0 N–H and O–H groups in total. The average molecular weight is 317 g/mol. The van der Waals surface area contributed by atoms with E-state index in [0.29, 0.717) is 11.3 Å².